The number of piperidine rings is 1. The average molecular weight is 447 g/mol. The summed E-state index contributed by atoms with van der Waals surface area (Å²) in [6.07, 6.45) is -3.18. The molecule has 2 atom stereocenters. The van der Waals surface area contributed by atoms with Crippen LogP contribution >= 0.6 is 11.6 Å². The van der Waals surface area contributed by atoms with E-state index in [1.807, 2.05) is 36.4 Å². The summed E-state index contributed by atoms with van der Waals surface area (Å²) in [6, 6.07) is 13.1. The molecule has 0 aliphatic carbocycles. The van der Waals surface area contributed by atoms with Crippen LogP contribution < -0.4 is 15.5 Å². The Bertz CT molecular complexity index is 999. The molecular weight excluding hydrogens is 427 g/mol. The normalized spacial score (nSPS) is 18.0. The number of nitrogens with one attached hydrogen (secondary N) is 2. The lowest BCUT2D eigenvalue weighted by Crippen LogP contribution is -2.52. The molecule has 8 nitrogen and oxygen atoms in total. The molecular formula is C21H20ClFN4O4. The number of carbonyl (C=O) groups is 2. The number of anilines is 2. The number of benzene rings is 2. The van der Waals surface area contributed by atoms with E-state index in [1.54, 1.807) is 4.90 Å². The third-order valence-corrected chi connectivity index (χ3v) is 5.22. The van der Waals surface area contributed by atoms with Gasteiger partial charge in [-0.05, 0) is 24.1 Å². The van der Waals surface area contributed by atoms with Crippen molar-refractivity contribution in [3.63, 3.8) is 0 Å². The Hall–Kier alpha value is -3.51. The molecule has 3 rings (SSSR count). The summed E-state index contributed by atoms with van der Waals surface area (Å²) in [6.45, 7) is 0.328. The molecule has 0 saturated carbocycles. The third-order valence-electron chi connectivity index (χ3n) is 4.82. The number of nitriles is 1. The van der Waals surface area contributed by atoms with Gasteiger partial charge in [-0.15, -0.1) is 0 Å². The van der Waals surface area contributed by atoms with E-state index in [2.05, 4.69) is 10.6 Å². The lowest BCUT2D eigenvalue weighted by Gasteiger charge is -2.36. The third kappa shape index (κ3) is 5.77. The maximum Gasteiger partial charge on any atom is 0.409 e. The van der Waals surface area contributed by atoms with Crippen molar-refractivity contribution in [2.45, 2.75) is 25.2 Å². The van der Waals surface area contributed by atoms with Gasteiger partial charge < -0.3 is 20.1 Å². The molecule has 31 heavy (non-hydrogen) atoms. The zero-order chi connectivity index (χ0) is 22.4. The number of ether oxygens (including phenoxy) is 1. The zero-order valence-electron chi connectivity index (χ0n) is 16.3. The van der Waals surface area contributed by atoms with Gasteiger partial charge in [0.2, 0.25) is 0 Å². The van der Waals surface area contributed by atoms with Crippen LogP contribution in [0.2, 0.25) is 5.02 Å². The smallest absolute Gasteiger partial charge is 0.409 e. The predicted octanol–water partition coefficient (Wildman–Crippen LogP) is 4.14. The van der Waals surface area contributed by atoms with E-state index in [1.165, 1.54) is 12.1 Å². The van der Waals surface area contributed by atoms with Gasteiger partial charge in [0.1, 0.15) is 12.8 Å². The van der Waals surface area contributed by atoms with Crippen LogP contribution in [0.3, 0.4) is 0 Å². The van der Waals surface area contributed by atoms with Gasteiger partial charge in [-0.25, -0.2) is 14.0 Å². The Morgan fingerprint density at radius 2 is 2.06 bits per heavy atom. The molecule has 162 valence electrons. The minimum absolute atomic E-state index is 0.0448. The van der Waals surface area contributed by atoms with E-state index in [0.29, 0.717) is 12.2 Å². The molecule has 2 aromatic rings. The van der Waals surface area contributed by atoms with Crippen LogP contribution in [0.15, 0.2) is 42.5 Å². The summed E-state index contributed by atoms with van der Waals surface area (Å²) in [5.41, 5.74) is 1.39. The molecule has 1 fully saturated rings. The van der Waals surface area contributed by atoms with Crippen LogP contribution in [0.5, 0.6) is 0 Å². The molecule has 2 amide bonds. The molecule has 0 bridgehead atoms. The largest absolute Gasteiger partial charge is 0.465 e. The first-order chi connectivity index (χ1) is 14.9. The summed E-state index contributed by atoms with van der Waals surface area (Å²) < 4.78 is 19.9. The number of hydrogen-bond acceptors (Lipinski definition) is 5. The second kappa shape index (κ2) is 10.00. The highest BCUT2D eigenvalue weighted by atomic mass is 35.5. The zero-order valence-corrected chi connectivity index (χ0v) is 17.1. The van der Waals surface area contributed by atoms with Crippen LogP contribution in [0.1, 0.15) is 17.5 Å². The van der Waals surface area contributed by atoms with Gasteiger partial charge in [0, 0.05) is 6.54 Å². The number of alkyl halides is 1. The standard InChI is InChI=1S/C21H20ClFN4O4/c22-19-17(25-20(28)29)8-14(10-24)9-18(19)27-7-6-16(15(23)11-27)26-21(30)31-12-13-4-2-1-3-5-13/h1-5,8-9,15-16,25H,6-7,11-12H2,(H,26,30)(H,28,29)/t15-,16+/m1/s1. The summed E-state index contributed by atoms with van der Waals surface area (Å²) >= 11 is 6.29. The van der Waals surface area contributed by atoms with Crippen molar-refractivity contribution < 1.29 is 23.8 Å². The quantitative estimate of drug-likeness (QED) is 0.635. The van der Waals surface area contributed by atoms with E-state index in [4.69, 9.17) is 21.4 Å². The first-order valence-electron chi connectivity index (χ1n) is 9.47. The highest BCUT2D eigenvalue weighted by Gasteiger charge is 2.32. The van der Waals surface area contributed by atoms with Gasteiger partial charge in [-0.2, -0.15) is 5.26 Å². The fourth-order valence-corrected chi connectivity index (χ4v) is 3.59. The van der Waals surface area contributed by atoms with Gasteiger partial charge >= 0.3 is 12.2 Å². The fourth-order valence-electron chi connectivity index (χ4n) is 3.31. The summed E-state index contributed by atoms with van der Waals surface area (Å²) in [5, 5.41) is 22.9. The minimum atomic E-state index is -1.42. The molecule has 0 unspecified atom stereocenters. The summed E-state index contributed by atoms with van der Waals surface area (Å²) in [4.78, 5) is 24.6. The molecule has 10 heteroatoms. The predicted molar refractivity (Wildman–Crippen MR) is 113 cm³/mol. The van der Waals surface area contributed by atoms with Crippen molar-refractivity contribution in [1.29, 1.82) is 5.26 Å². The Morgan fingerprint density at radius 1 is 1.32 bits per heavy atom. The lowest BCUT2D eigenvalue weighted by atomic mass is 10.0. The molecule has 1 aliphatic heterocycles. The van der Waals surface area contributed by atoms with E-state index < -0.39 is 24.4 Å². The molecule has 1 heterocycles. The Kier molecular flexibility index (Phi) is 7.15. The molecule has 0 aromatic heterocycles. The van der Waals surface area contributed by atoms with Gasteiger partial charge in [0.05, 0.1) is 40.6 Å². The van der Waals surface area contributed by atoms with Crippen molar-refractivity contribution >= 4 is 35.2 Å². The number of carboxylic acid groups (broad SMARTS) is 1. The first-order valence-corrected chi connectivity index (χ1v) is 9.85. The van der Waals surface area contributed by atoms with Crippen LogP contribution in [0, 0.1) is 11.3 Å². The Balaban J connectivity index is 1.63. The van der Waals surface area contributed by atoms with Crippen LogP contribution in [-0.4, -0.2) is 42.6 Å². The fraction of sp³-hybridized carbons (Fsp3) is 0.286. The minimum Gasteiger partial charge on any atom is -0.465 e. The Morgan fingerprint density at radius 3 is 2.71 bits per heavy atom. The molecule has 1 saturated heterocycles. The monoisotopic (exact) mass is 446 g/mol. The highest BCUT2D eigenvalue weighted by molar-refractivity contribution is 6.36. The van der Waals surface area contributed by atoms with E-state index in [-0.39, 0.29) is 35.8 Å². The SMILES string of the molecule is N#Cc1cc(NC(=O)O)c(Cl)c(N2CC[C@H](NC(=O)OCc3ccccc3)[C@H](F)C2)c1. The van der Waals surface area contributed by atoms with Gasteiger partial charge in [0.15, 0.2) is 0 Å². The maximum atomic E-state index is 14.8. The summed E-state index contributed by atoms with van der Waals surface area (Å²) in [5.74, 6) is 0. The van der Waals surface area contributed by atoms with Crippen LogP contribution in [0.4, 0.5) is 25.4 Å². The van der Waals surface area contributed by atoms with Crippen molar-refractivity contribution in [2.24, 2.45) is 0 Å². The molecule has 0 radical (unpaired) electrons. The van der Waals surface area contributed by atoms with E-state index >= 15 is 0 Å². The first kappa shape index (κ1) is 22.2. The molecule has 0 spiro atoms. The lowest BCUT2D eigenvalue weighted by molar-refractivity contribution is 0.124. The number of carbonyl (C=O) groups excluding carboxylic acids is 1. The number of halogens is 2. The van der Waals surface area contributed by atoms with Gasteiger partial charge in [-0.3, -0.25) is 5.32 Å². The number of nitrogens with zero attached hydrogens (tertiary/aromatic N) is 2. The van der Waals surface area contributed by atoms with Crippen molar-refractivity contribution in [3.05, 3.63) is 58.6 Å². The van der Waals surface area contributed by atoms with E-state index in [9.17, 15) is 19.2 Å². The number of rotatable bonds is 5. The van der Waals surface area contributed by atoms with Crippen LogP contribution in [0.25, 0.3) is 0 Å². The van der Waals surface area contributed by atoms with Crippen molar-refractivity contribution in [2.75, 3.05) is 23.3 Å². The molecule has 3 N–H and O–H groups in total. The van der Waals surface area contributed by atoms with E-state index in [0.717, 1.165) is 5.56 Å². The van der Waals surface area contributed by atoms with Gasteiger partial charge in [0.25, 0.3) is 0 Å². The molecule has 2 aromatic carbocycles. The number of amides is 2. The number of alkyl carbamates (subject to hydrolysis) is 1. The second-order valence-corrected chi connectivity index (χ2v) is 7.34. The van der Waals surface area contributed by atoms with Gasteiger partial charge in [-0.1, -0.05) is 41.9 Å². The van der Waals surface area contributed by atoms with Crippen molar-refractivity contribution in [1.82, 2.24) is 5.32 Å². The van der Waals surface area contributed by atoms with Crippen LogP contribution in [-0.2, 0) is 11.3 Å². The van der Waals surface area contributed by atoms with Crippen molar-refractivity contribution in [3.8, 4) is 6.07 Å². The highest BCUT2D eigenvalue weighted by Crippen LogP contribution is 2.36. The maximum absolute atomic E-state index is 14.8. The summed E-state index contributed by atoms with van der Waals surface area (Å²) in [7, 11) is 0. The Labute approximate surface area is 183 Å². The second-order valence-electron chi connectivity index (χ2n) is 6.96. The topological polar surface area (TPSA) is 115 Å². The molecule has 1 aliphatic rings. The average Bonchev–Trinajstić information content (AvgIpc) is 2.75. The number of hydrogen-bond donors (Lipinski definition) is 3.